The fraction of sp³-hybridized carbons (Fsp3) is 0.364. The predicted molar refractivity (Wildman–Crippen MR) is 61.8 cm³/mol. The van der Waals surface area contributed by atoms with Crippen molar-refractivity contribution in [1.82, 2.24) is 5.32 Å². The van der Waals surface area contributed by atoms with Crippen LogP contribution in [0.5, 0.6) is 5.75 Å². The summed E-state index contributed by atoms with van der Waals surface area (Å²) in [7, 11) is 1.44. The third-order valence-corrected chi connectivity index (χ3v) is 2.24. The third kappa shape index (κ3) is 3.56. The van der Waals surface area contributed by atoms with E-state index in [1.165, 1.54) is 25.3 Å². The predicted octanol–water partition coefficient (Wildman–Crippen LogP) is 0.635. The van der Waals surface area contributed by atoms with Crippen LogP contribution in [-0.2, 0) is 0 Å². The summed E-state index contributed by atoms with van der Waals surface area (Å²) in [4.78, 5) is 11.6. The Labute approximate surface area is 103 Å². The monoisotopic (exact) mass is 260 g/mol. The molecule has 0 aliphatic heterocycles. The van der Waals surface area contributed by atoms with E-state index in [1.807, 2.05) is 5.32 Å². The fourth-order valence-electron chi connectivity index (χ4n) is 1.24. The van der Waals surface area contributed by atoms with Crippen LogP contribution in [0.1, 0.15) is 10.4 Å². The average molecular weight is 260 g/mol. The van der Waals surface area contributed by atoms with E-state index >= 15 is 0 Å². The van der Waals surface area contributed by atoms with Gasteiger partial charge in [-0.15, -0.1) is 0 Å². The van der Waals surface area contributed by atoms with E-state index in [0.29, 0.717) is 5.75 Å². The van der Waals surface area contributed by atoms with E-state index < -0.39 is 25.0 Å². The van der Waals surface area contributed by atoms with E-state index in [4.69, 9.17) is 15.6 Å². The molecular formula is C11H14F2N2O3. The fourth-order valence-corrected chi connectivity index (χ4v) is 1.24. The topological polar surface area (TPSA) is 84.6 Å². The largest absolute Gasteiger partial charge is 0.497 e. The summed E-state index contributed by atoms with van der Waals surface area (Å²) in [6.07, 6.45) is 0. The number of benzene rings is 1. The number of carbonyl (C=O) groups is 1. The van der Waals surface area contributed by atoms with Crippen LogP contribution in [-0.4, -0.2) is 37.2 Å². The number of nitrogens with two attached hydrogens (primary N) is 1. The summed E-state index contributed by atoms with van der Waals surface area (Å²) in [6, 6.07) is 4.29. The van der Waals surface area contributed by atoms with Crippen molar-refractivity contribution < 1.29 is 23.4 Å². The van der Waals surface area contributed by atoms with Crippen LogP contribution in [0, 0.1) is 0 Å². The summed E-state index contributed by atoms with van der Waals surface area (Å²) in [5, 5.41) is 10.4. The standard InChI is InChI=1S/C11H14F2N2O3/c1-18-7-2-3-8(9(14)4-7)10(17)15-5-11(12,13)6-16/h2-4,16H,5-6,14H2,1H3,(H,15,17). The lowest BCUT2D eigenvalue weighted by Gasteiger charge is -2.14. The minimum Gasteiger partial charge on any atom is -0.497 e. The van der Waals surface area contributed by atoms with Crippen LogP contribution in [0.2, 0.25) is 0 Å². The summed E-state index contributed by atoms with van der Waals surface area (Å²) < 4.78 is 30.4. The summed E-state index contributed by atoms with van der Waals surface area (Å²) >= 11 is 0. The lowest BCUT2D eigenvalue weighted by Crippen LogP contribution is -2.39. The van der Waals surface area contributed by atoms with Crippen molar-refractivity contribution in [2.24, 2.45) is 0 Å². The molecule has 0 aliphatic rings. The lowest BCUT2D eigenvalue weighted by molar-refractivity contribution is -0.0461. The van der Waals surface area contributed by atoms with Gasteiger partial charge in [0.15, 0.2) is 0 Å². The van der Waals surface area contributed by atoms with Gasteiger partial charge in [0.1, 0.15) is 12.4 Å². The van der Waals surface area contributed by atoms with Crippen molar-refractivity contribution in [3.63, 3.8) is 0 Å². The van der Waals surface area contributed by atoms with Crippen molar-refractivity contribution in [2.75, 3.05) is 26.0 Å². The number of halogens is 2. The zero-order chi connectivity index (χ0) is 13.8. The van der Waals surface area contributed by atoms with Crippen molar-refractivity contribution >= 4 is 11.6 Å². The van der Waals surface area contributed by atoms with Crippen LogP contribution >= 0.6 is 0 Å². The highest BCUT2D eigenvalue weighted by Crippen LogP contribution is 2.19. The number of aliphatic hydroxyl groups is 1. The molecule has 0 unspecified atom stereocenters. The van der Waals surface area contributed by atoms with E-state index in [2.05, 4.69) is 0 Å². The van der Waals surface area contributed by atoms with Crippen molar-refractivity contribution in [2.45, 2.75) is 5.92 Å². The van der Waals surface area contributed by atoms with Crippen molar-refractivity contribution in [1.29, 1.82) is 0 Å². The van der Waals surface area contributed by atoms with Gasteiger partial charge in [-0.3, -0.25) is 4.79 Å². The Bertz CT molecular complexity index is 438. The Morgan fingerprint density at radius 1 is 1.56 bits per heavy atom. The molecular weight excluding hydrogens is 246 g/mol. The maximum atomic E-state index is 12.7. The number of ether oxygens (including phenoxy) is 1. The van der Waals surface area contributed by atoms with Crippen LogP contribution in [0.3, 0.4) is 0 Å². The minimum atomic E-state index is -3.35. The van der Waals surface area contributed by atoms with E-state index in [-0.39, 0.29) is 11.3 Å². The second kappa shape index (κ2) is 5.63. The summed E-state index contributed by atoms with van der Waals surface area (Å²) in [6.45, 7) is -2.28. The molecule has 18 heavy (non-hydrogen) atoms. The molecule has 1 aromatic carbocycles. The molecule has 0 radical (unpaired) electrons. The molecule has 0 saturated heterocycles. The first-order chi connectivity index (χ1) is 8.39. The smallest absolute Gasteiger partial charge is 0.287 e. The molecule has 1 aromatic rings. The molecule has 0 saturated carbocycles. The summed E-state index contributed by atoms with van der Waals surface area (Å²) in [5.41, 5.74) is 5.79. The van der Waals surface area contributed by atoms with Crippen LogP contribution in [0.25, 0.3) is 0 Å². The second-order valence-corrected chi connectivity index (χ2v) is 3.65. The third-order valence-electron chi connectivity index (χ3n) is 2.24. The molecule has 4 N–H and O–H groups in total. The number of methoxy groups -OCH3 is 1. The molecule has 0 aliphatic carbocycles. The molecule has 0 atom stereocenters. The van der Waals surface area contributed by atoms with Gasteiger partial charge in [0, 0.05) is 11.8 Å². The van der Waals surface area contributed by atoms with E-state index in [0.717, 1.165) is 0 Å². The van der Waals surface area contributed by atoms with Gasteiger partial charge in [-0.05, 0) is 12.1 Å². The Hall–Kier alpha value is -1.89. The molecule has 1 rings (SSSR count). The number of rotatable bonds is 5. The van der Waals surface area contributed by atoms with Crippen LogP contribution in [0.15, 0.2) is 18.2 Å². The number of amides is 1. The highest BCUT2D eigenvalue weighted by Gasteiger charge is 2.28. The number of anilines is 1. The van der Waals surface area contributed by atoms with Gasteiger partial charge in [0.05, 0.1) is 19.2 Å². The molecule has 0 aromatic heterocycles. The first-order valence-corrected chi connectivity index (χ1v) is 5.10. The summed E-state index contributed by atoms with van der Waals surface area (Å²) in [5.74, 6) is -3.62. The molecule has 0 bridgehead atoms. The minimum absolute atomic E-state index is 0.0736. The van der Waals surface area contributed by atoms with E-state index in [1.54, 1.807) is 0 Å². The molecule has 7 heteroatoms. The molecule has 5 nitrogen and oxygen atoms in total. The lowest BCUT2D eigenvalue weighted by atomic mass is 10.1. The number of nitrogen functional groups attached to an aromatic ring is 1. The highest BCUT2D eigenvalue weighted by molar-refractivity contribution is 5.99. The zero-order valence-corrected chi connectivity index (χ0v) is 9.74. The Morgan fingerprint density at radius 2 is 2.22 bits per heavy atom. The Kier molecular flexibility index (Phi) is 4.43. The Balaban J connectivity index is 2.73. The molecule has 0 fully saturated rings. The van der Waals surface area contributed by atoms with Gasteiger partial charge in [0.2, 0.25) is 0 Å². The maximum absolute atomic E-state index is 12.7. The van der Waals surface area contributed by atoms with E-state index in [9.17, 15) is 13.6 Å². The quantitative estimate of drug-likeness (QED) is 0.678. The zero-order valence-electron chi connectivity index (χ0n) is 9.74. The average Bonchev–Trinajstić information content (AvgIpc) is 2.36. The Morgan fingerprint density at radius 3 is 2.72 bits per heavy atom. The van der Waals surface area contributed by atoms with Gasteiger partial charge >= 0.3 is 0 Å². The number of carbonyl (C=O) groups excluding carboxylic acids is 1. The van der Waals surface area contributed by atoms with Gasteiger partial charge in [-0.25, -0.2) is 8.78 Å². The normalized spacial score (nSPS) is 11.1. The van der Waals surface area contributed by atoms with Gasteiger partial charge in [0.25, 0.3) is 11.8 Å². The second-order valence-electron chi connectivity index (χ2n) is 3.65. The first kappa shape index (κ1) is 14.2. The number of nitrogens with one attached hydrogen (secondary N) is 1. The van der Waals surface area contributed by atoms with Gasteiger partial charge in [-0.2, -0.15) is 0 Å². The number of hydrogen-bond acceptors (Lipinski definition) is 4. The van der Waals surface area contributed by atoms with Crippen LogP contribution < -0.4 is 15.8 Å². The molecule has 0 spiro atoms. The van der Waals surface area contributed by atoms with Crippen molar-refractivity contribution in [3.05, 3.63) is 23.8 Å². The van der Waals surface area contributed by atoms with Gasteiger partial charge in [-0.1, -0.05) is 0 Å². The first-order valence-electron chi connectivity index (χ1n) is 5.10. The van der Waals surface area contributed by atoms with Gasteiger partial charge < -0.3 is 20.9 Å². The molecule has 0 heterocycles. The SMILES string of the molecule is COc1ccc(C(=O)NCC(F)(F)CO)c(N)c1. The molecule has 100 valence electrons. The number of hydrogen-bond donors (Lipinski definition) is 3. The highest BCUT2D eigenvalue weighted by atomic mass is 19.3. The molecule has 1 amide bonds. The number of alkyl halides is 2. The van der Waals surface area contributed by atoms with Crippen LogP contribution in [0.4, 0.5) is 14.5 Å². The maximum Gasteiger partial charge on any atom is 0.287 e. The number of aliphatic hydroxyl groups excluding tert-OH is 1. The van der Waals surface area contributed by atoms with Crippen molar-refractivity contribution in [3.8, 4) is 5.75 Å².